The molecule has 0 aromatic heterocycles. The molecule has 5 heteroatoms. The minimum Gasteiger partial charge on any atom is -0.394 e. The Morgan fingerprint density at radius 2 is 0.837 bits per heavy atom. The SMILES string of the molecule is CCCCCCCCCCCCC/C=C/C(O)C(CO)NC(=O)CC(O)CCCCCCCCCCCCCCCCCCCCCCC. The zero-order chi connectivity index (χ0) is 35.9. The molecule has 0 aliphatic heterocycles. The summed E-state index contributed by atoms with van der Waals surface area (Å²) >= 11 is 0. The number of unbranched alkanes of at least 4 members (excludes halogenated alkanes) is 31. The summed E-state index contributed by atoms with van der Waals surface area (Å²) in [5.41, 5.74) is 0. The topological polar surface area (TPSA) is 89.8 Å². The molecule has 0 spiro atoms. The van der Waals surface area contributed by atoms with Crippen LogP contribution in [0.15, 0.2) is 12.2 Å². The molecular formula is C44H87NO4. The molecule has 0 saturated carbocycles. The van der Waals surface area contributed by atoms with Gasteiger partial charge in [-0.2, -0.15) is 0 Å². The number of carbonyl (C=O) groups is 1. The van der Waals surface area contributed by atoms with E-state index >= 15 is 0 Å². The number of nitrogens with one attached hydrogen (secondary N) is 1. The van der Waals surface area contributed by atoms with Crippen LogP contribution in [0, 0.1) is 0 Å². The zero-order valence-corrected chi connectivity index (χ0v) is 33.1. The predicted molar refractivity (Wildman–Crippen MR) is 213 cm³/mol. The van der Waals surface area contributed by atoms with E-state index in [4.69, 9.17) is 0 Å². The minimum absolute atomic E-state index is 0.0187. The van der Waals surface area contributed by atoms with Crippen LogP contribution in [-0.4, -0.2) is 46.1 Å². The van der Waals surface area contributed by atoms with Gasteiger partial charge in [-0.15, -0.1) is 0 Å². The monoisotopic (exact) mass is 694 g/mol. The Morgan fingerprint density at radius 1 is 0.510 bits per heavy atom. The van der Waals surface area contributed by atoms with Gasteiger partial charge in [0.2, 0.25) is 5.91 Å². The lowest BCUT2D eigenvalue weighted by molar-refractivity contribution is -0.124. The second-order valence-electron chi connectivity index (χ2n) is 15.3. The van der Waals surface area contributed by atoms with E-state index in [1.54, 1.807) is 6.08 Å². The predicted octanol–water partition coefficient (Wildman–Crippen LogP) is 12.4. The van der Waals surface area contributed by atoms with Crippen LogP contribution in [0.5, 0.6) is 0 Å². The zero-order valence-electron chi connectivity index (χ0n) is 33.1. The maximum absolute atomic E-state index is 12.4. The van der Waals surface area contributed by atoms with Crippen molar-refractivity contribution in [2.24, 2.45) is 0 Å². The molecule has 292 valence electrons. The third kappa shape index (κ3) is 36.7. The molecule has 49 heavy (non-hydrogen) atoms. The molecule has 0 fully saturated rings. The van der Waals surface area contributed by atoms with Crippen LogP contribution in [0.25, 0.3) is 0 Å². The molecule has 1 amide bonds. The lowest BCUT2D eigenvalue weighted by Gasteiger charge is -2.21. The molecule has 0 aromatic carbocycles. The van der Waals surface area contributed by atoms with Gasteiger partial charge in [0.15, 0.2) is 0 Å². The van der Waals surface area contributed by atoms with Crippen LogP contribution in [0.4, 0.5) is 0 Å². The van der Waals surface area contributed by atoms with Gasteiger partial charge < -0.3 is 20.6 Å². The summed E-state index contributed by atoms with van der Waals surface area (Å²) in [6, 6.07) is -0.738. The third-order valence-corrected chi connectivity index (χ3v) is 10.3. The summed E-state index contributed by atoms with van der Waals surface area (Å²) in [7, 11) is 0. The summed E-state index contributed by atoms with van der Waals surface area (Å²) in [4.78, 5) is 12.4. The summed E-state index contributed by atoms with van der Waals surface area (Å²) in [5, 5.41) is 33.2. The fourth-order valence-corrected chi connectivity index (χ4v) is 6.93. The van der Waals surface area contributed by atoms with E-state index in [2.05, 4.69) is 19.2 Å². The van der Waals surface area contributed by atoms with Crippen LogP contribution in [0.2, 0.25) is 0 Å². The molecule has 0 aliphatic carbocycles. The first-order chi connectivity index (χ1) is 24.0. The third-order valence-electron chi connectivity index (χ3n) is 10.3. The van der Waals surface area contributed by atoms with Crippen LogP contribution in [0.3, 0.4) is 0 Å². The summed E-state index contributed by atoms with van der Waals surface area (Å²) in [6.07, 6.45) is 46.4. The second kappa shape index (κ2) is 39.9. The van der Waals surface area contributed by atoms with E-state index in [9.17, 15) is 20.1 Å². The van der Waals surface area contributed by atoms with Gasteiger partial charge in [0.25, 0.3) is 0 Å². The fraction of sp³-hybridized carbons (Fsp3) is 0.932. The van der Waals surface area contributed by atoms with Crippen molar-refractivity contribution in [2.45, 2.75) is 257 Å². The van der Waals surface area contributed by atoms with Crippen LogP contribution < -0.4 is 5.32 Å². The number of hydrogen-bond donors (Lipinski definition) is 4. The molecule has 0 bridgehead atoms. The number of rotatable bonds is 40. The largest absolute Gasteiger partial charge is 0.394 e. The van der Waals surface area contributed by atoms with Gasteiger partial charge >= 0.3 is 0 Å². The van der Waals surface area contributed by atoms with Gasteiger partial charge in [0, 0.05) is 0 Å². The number of amides is 1. The Labute approximate surface area is 306 Å². The van der Waals surface area contributed by atoms with Crippen molar-refractivity contribution in [1.29, 1.82) is 0 Å². The standard InChI is InChI=1S/C44H87NO4/c1-3-5-7-9-11-13-15-17-18-19-20-21-22-23-24-26-27-29-31-33-35-37-41(47)39-44(49)45-42(40-46)43(48)38-36-34-32-30-28-25-16-14-12-10-8-6-4-2/h36,38,41-43,46-48H,3-35,37,39-40H2,1-2H3,(H,45,49)/b38-36+. The van der Waals surface area contributed by atoms with Crippen molar-refractivity contribution < 1.29 is 20.1 Å². The Hall–Kier alpha value is -0.910. The fourth-order valence-electron chi connectivity index (χ4n) is 6.93. The number of aliphatic hydroxyl groups excluding tert-OH is 3. The first-order valence-electron chi connectivity index (χ1n) is 22.0. The maximum Gasteiger partial charge on any atom is 0.222 e. The molecular weight excluding hydrogens is 606 g/mol. The van der Waals surface area contributed by atoms with Crippen LogP contribution in [-0.2, 0) is 4.79 Å². The van der Waals surface area contributed by atoms with Gasteiger partial charge in [-0.25, -0.2) is 0 Å². The Balaban J connectivity index is 3.60. The highest BCUT2D eigenvalue weighted by molar-refractivity contribution is 5.76. The van der Waals surface area contributed by atoms with E-state index in [0.29, 0.717) is 6.42 Å². The van der Waals surface area contributed by atoms with E-state index in [1.807, 2.05) is 6.08 Å². The average Bonchev–Trinajstić information content (AvgIpc) is 3.09. The van der Waals surface area contributed by atoms with Gasteiger partial charge in [0.05, 0.1) is 31.3 Å². The summed E-state index contributed by atoms with van der Waals surface area (Å²) < 4.78 is 0. The molecule has 3 atom stereocenters. The van der Waals surface area contributed by atoms with Crippen LogP contribution >= 0.6 is 0 Å². The maximum atomic E-state index is 12.4. The smallest absolute Gasteiger partial charge is 0.222 e. The summed E-state index contributed by atoms with van der Waals surface area (Å²) in [5.74, 6) is -0.312. The van der Waals surface area contributed by atoms with Gasteiger partial charge in [0.1, 0.15) is 0 Å². The molecule has 4 N–H and O–H groups in total. The quantitative estimate of drug-likeness (QED) is 0.0380. The van der Waals surface area contributed by atoms with Crippen molar-refractivity contribution in [3.8, 4) is 0 Å². The van der Waals surface area contributed by atoms with Crippen LogP contribution in [0.1, 0.15) is 239 Å². The number of aliphatic hydroxyl groups is 3. The van der Waals surface area contributed by atoms with Crippen molar-refractivity contribution in [3.05, 3.63) is 12.2 Å². The van der Waals surface area contributed by atoms with E-state index in [1.165, 1.54) is 186 Å². The highest BCUT2D eigenvalue weighted by Gasteiger charge is 2.20. The molecule has 3 unspecified atom stereocenters. The number of allylic oxidation sites excluding steroid dienone is 1. The number of hydrogen-bond acceptors (Lipinski definition) is 4. The first-order valence-corrected chi connectivity index (χ1v) is 22.0. The normalized spacial score (nSPS) is 13.7. The average molecular weight is 694 g/mol. The van der Waals surface area contributed by atoms with Gasteiger partial charge in [-0.1, -0.05) is 225 Å². The first kappa shape index (κ1) is 48.1. The van der Waals surface area contributed by atoms with Crippen molar-refractivity contribution >= 4 is 5.91 Å². The van der Waals surface area contributed by atoms with E-state index in [0.717, 1.165) is 25.7 Å². The van der Waals surface area contributed by atoms with Crippen molar-refractivity contribution in [3.63, 3.8) is 0 Å². The van der Waals surface area contributed by atoms with Crippen molar-refractivity contribution in [1.82, 2.24) is 5.32 Å². The van der Waals surface area contributed by atoms with E-state index < -0.39 is 18.2 Å². The van der Waals surface area contributed by atoms with Gasteiger partial charge in [-0.05, 0) is 19.3 Å². The Kier molecular flexibility index (Phi) is 39.1. The van der Waals surface area contributed by atoms with E-state index in [-0.39, 0.29) is 18.9 Å². The molecule has 0 rings (SSSR count). The molecule has 0 aliphatic rings. The van der Waals surface area contributed by atoms with Crippen molar-refractivity contribution in [2.75, 3.05) is 6.61 Å². The van der Waals surface area contributed by atoms with Gasteiger partial charge in [-0.3, -0.25) is 4.79 Å². The Bertz CT molecular complexity index is 684. The highest BCUT2D eigenvalue weighted by atomic mass is 16.3. The Morgan fingerprint density at radius 3 is 1.18 bits per heavy atom. The molecule has 0 aromatic rings. The highest BCUT2D eigenvalue weighted by Crippen LogP contribution is 2.16. The molecule has 0 heterocycles. The molecule has 0 saturated heterocycles. The lowest BCUT2D eigenvalue weighted by Crippen LogP contribution is -2.45. The molecule has 0 radical (unpaired) electrons. The number of carbonyl (C=O) groups excluding carboxylic acids is 1. The lowest BCUT2D eigenvalue weighted by atomic mass is 10.0. The molecule has 5 nitrogen and oxygen atoms in total. The summed E-state index contributed by atoms with van der Waals surface area (Å²) in [6.45, 7) is 4.22. The minimum atomic E-state index is -0.923. The second-order valence-corrected chi connectivity index (χ2v) is 15.3.